The molecule has 156 valence electrons. The van der Waals surface area contributed by atoms with Gasteiger partial charge in [-0.1, -0.05) is 6.92 Å². The lowest BCUT2D eigenvalue weighted by Crippen LogP contribution is -2.46. The van der Waals surface area contributed by atoms with E-state index in [0.717, 1.165) is 38.4 Å². The van der Waals surface area contributed by atoms with E-state index >= 15 is 0 Å². The number of nitro groups is 1. The van der Waals surface area contributed by atoms with Crippen molar-refractivity contribution in [2.24, 2.45) is 0 Å². The standard InChI is InChI=1S/C21H24N6O3/c1-3-25-8-10-26(11-9-25)16-6-4-15(5-7-16)24-21-17-12-19(27(28)29)20(30-2)13-18(17)22-14-23-21/h4-7,12-14H,3,8-11H2,1-2H3,(H,22,23,24). The van der Waals surface area contributed by atoms with Gasteiger partial charge in [-0.05, 0) is 30.8 Å². The maximum absolute atomic E-state index is 11.4. The number of piperazine rings is 1. The van der Waals surface area contributed by atoms with Crippen LogP contribution in [0.15, 0.2) is 42.7 Å². The number of benzene rings is 2. The maximum atomic E-state index is 11.4. The summed E-state index contributed by atoms with van der Waals surface area (Å²) >= 11 is 0. The molecular formula is C21H24N6O3. The average molecular weight is 408 g/mol. The van der Waals surface area contributed by atoms with Crippen molar-refractivity contribution in [3.8, 4) is 5.75 Å². The number of nitrogens with zero attached hydrogens (tertiary/aromatic N) is 5. The Labute approximate surface area is 174 Å². The van der Waals surface area contributed by atoms with Gasteiger partial charge in [-0.2, -0.15) is 0 Å². The van der Waals surface area contributed by atoms with Crippen LogP contribution in [-0.2, 0) is 0 Å². The summed E-state index contributed by atoms with van der Waals surface area (Å²) in [7, 11) is 1.40. The summed E-state index contributed by atoms with van der Waals surface area (Å²) in [5.74, 6) is 0.680. The molecule has 3 aromatic rings. The topological polar surface area (TPSA) is 96.7 Å². The van der Waals surface area contributed by atoms with Crippen molar-refractivity contribution in [1.29, 1.82) is 0 Å². The maximum Gasteiger partial charge on any atom is 0.311 e. The van der Waals surface area contributed by atoms with Gasteiger partial charge in [0, 0.05) is 49.7 Å². The Morgan fingerprint density at radius 2 is 1.87 bits per heavy atom. The van der Waals surface area contributed by atoms with Crippen LogP contribution in [0.25, 0.3) is 10.9 Å². The molecule has 4 rings (SSSR count). The minimum atomic E-state index is -0.470. The summed E-state index contributed by atoms with van der Waals surface area (Å²) in [6, 6.07) is 11.1. The van der Waals surface area contributed by atoms with Gasteiger partial charge in [-0.3, -0.25) is 10.1 Å². The van der Waals surface area contributed by atoms with Crippen LogP contribution >= 0.6 is 0 Å². The van der Waals surface area contributed by atoms with Crippen molar-refractivity contribution in [3.63, 3.8) is 0 Å². The first-order valence-corrected chi connectivity index (χ1v) is 9.90. The molecule has 2 heterocycles. The normalized spacial score (nSPS) is 14.7. The van der Waals surface area contributed by atoms with Crippen molar-refractivity contribution < 1.29 is 9.66 Å². The molecule has 1 aliphatic heterocycles. The number of anilines is 3. The SMILES string of the molecule is CCN1CCN(c2ccc(Nc3ncnc4cc(OC)c([N+](=O)[O-])cc34)cc2)CC1. The van der Waals surface area contributed by atoms with E-state index < -0.39 is 4.92 Å². The van der Waals surface area contributed by atoms with Crippen molar-refractivity contribution in [1.82, 2.24) is 14.9 Å². The third-order valence-electron chi connectivity index (χ3n) is 5.45. The highest BCUT2D eigenvalue weighted by Crippen LogP contribution is 2.34. The number of nitrogens with one attached hydrogen (secondary N) is 1. The fourth-order valence-electron chi connectivity index (χ4n) is 3.69. The minimum Gasteiger partial charge on any atom is -0.490 e. The van der Waals surface area contributed by atoms with E-state index in [4.69, 9.17) is 4.74 Å². The van der Waals surface area contributed by atoms with E-state index in [1.54, 1.807) is 6.07 Å². The molecule has 1 saturated heterocycles. The molecule has 0 spiro atoms. The summed E-state index contributed by atoms with van der Waals surface area (Å²) < 4.78 is 5.13. The molecule has 2 aromatic carbocycles. The Morgan fingerprint density at radius 3 is 2.50 bits per heavy atom. The lowest BCUT2D eigenvalue weighted by atomic mass is 10.2. The molecule has 0 aliphatic carbocycles. The highest BCUT2D eigenvalue weighted by atomic mass is 16.6. The van der Waals surface area contributed by atoms with E-state index in [2.05, 4.69) is 44.1 Å². The number of methoxy groups -OCH3 is 1. The zero-order valence-corrected chi connectivity index (χ0v) is 17.0. The summed E-state index contributed by atoms with van der Waals surface area (Å²) in [4.78, 5) is 24.2. The number of ether oxygens (including phenoxy) is 1. The third kappa shape index (κ3) is 3.97. The summed E-state index contributed by atoms with van der Waals surface area (Å²) in [5, 5.41) is 15.2. The Balaban J connectivity index is 1.57. The number of hydrogen-bond acceptors (Lipinski definition) is 8. The quantitative estimate of drug-likeness (QED) is 0.489. The smallest absolute Gasteiger partial charge is 0.311 e. The summed E-state index contributed by atoms with van der Waals surface area (Å²) in [5.41, 5.74) is 2.48. The Kier molecular flexibility index (Phi) is 5.62. The van der Waals surface area contributed by atoms with Gasteiger partial charge in [0.25, 0.3) is 0 Å². The molecule has 1 fully saturated rings. The van der Waals surface area contributed by atoms with Crippen LogP contribution in [0.4, 0.5) is 22.9 Å². The first kappa shape index (κ1) is 19.8. The zero-order valence-electron chi connectivity index (χ0n) is 17.0. The Bertz CT molecular complexity index is 1050. The van der Waals surface area contributed by atoms with Crippen LogP contribution in [0.1, 0.15) is 6.92 Å². The molecule has 9 heteroatoms. The van der Waals surface area contributed by atoms with Crippen molar-refractivity contribution in [2.75, 3.05) is 50.1 Å². The number of aromatic nitrogens is 2. The molecule has 0 radical (unpaired) electrons. The van der Waals surface area contributed by atoms with Crippen LogP contribution in [0.3, 0.4) is 0 Å². The minimum absolute atomic E-state index is 0.121. The number of nitro benzene ring substituents is 1. The highest BCUT2D eigenvalue weighted by molar-refractivity contribution is 5.93. The summed E-state index contributed by atoms with van der Waals surface area (Å²) in [6.45, 7) is 7.47. The van der Waals surface area contributed by atoms with Gasteiger partial charge >= 0.3 is 5.69 Å². The molecule has 1 aromatic heterocycles. The van der Waals surface area contributed by atoms with Gasteiger partial charge < -0.3 is 19.9 Å². The fraction of sp³-hybridized carbons (Fsp3) is 0.333. The second-order valence-corrected chi connectivity index (χ2v) is 7.11. The lowest BCUT2D eigenvalue weighted by Gasteiger charge is -2.35. The molecule has 0 atom stereocenters. The van der Waals surface area contributed by atoms with Crippen molar-refractivity contribution in [2.45, 2.75) is 6.92 Å². The molecule has 30 heavy (non-hydrogen) atoms. The van der Waals surface area contributed by atoms with Crippen molar-refractivity contribution >= 4 is 33.8 Å². The average Bonchev–Trinajstić information content (AvgIpc) is 2.79. The number of rotatable bonds is 6. The predicted molar refractivity (Wildman–Crippen MR) is 117 cm³/mol. The van der Waals surface area contributed by atoms with Crippen LogP contribution in [0.2, 0.25) is 0 Å². The van der Waals surface area contributed by atoms with Gasteiger partial charge in [0.15, 0.2) is 5.75 Å². The van der Waals surface area contributed by atoms with E-state index in [1.165, 1.54) is 25.2 Å². The monoisotopic (exact) mass is 408 g/mol. The van der Waals surface area contributed by atoms with Crippen LogP contribution in [0.5, 0.6) is 5.75 Å². The van der Waals surface area contributed by atoms with E-state index in [-0.39, 0.29) is 11.4 Å². The van der Waals surface area contributed by atoms with E-state index in [1.807, 2.05) is 12.1 Å². The first-order chi connectivity index (χ1) is 14.6. The van der Waals surface area contributed by atoms with E-state index in [9.17, 15) is 10.1 Å². The molecule has 1 aliphatic rings. The number of likely N-dealkylation sites (N-methyl/N-ethyl adjacent to an activating group) is 1. The van der Waals surface area contributed by atoms with Crippen LogP contribution in [-0.4, -0.2) is 59.6 Å². The second kappa shape index (κ2) is 8.50. The van der Waals surface area contributed by atoms with Gasteiger partial charge in [0.05, 0.1) is 22.9 Å². The fourth-order valence-corrected chi connectivity index (χ4v) is 3.69. The summed E-state index contributed by atoms with van der Waals surface area (Å²) in [6.07, 6.45) is 1.43. The molecule has 1 N–H and O–H groups in total. The largest absolute Gasteiger partial charge is 0.490 e. The molecular weight excluding hydrogens is 384 g/mol. The Hall–Kier alpha value is -3.46. The predicted octanol–water partition coefficient (Wildman–Crippen LogP) is 3.43. The first-order valence-electron chi connectivity index (χ1n) is 9.90. The third-order valence-corrected chi connectivity index (χ3v) is 5.45. The van der Waals surface area contributed by atoms with Gasteiger partial charge in [0.1, 0.15) is 12.1 Å². The van der Waals surface area contributed by atoms with Gasteiger partial charge in [-0.15, -0.1) is 0 Å². The molecule has 0 saturated carbocycles. The zero-order chi connectivity index (χ0) is 21.1. The molecule has 9 nitrogen and oxygen atoms in total. The van der Waals surface area contributed by atoms with Crippen LogP contribution in [0, 0.1) is 10.1 Å². The van der Waals surface area contributed by atoms with E-state index in [0.29, 0.717) is 16.7 Å². The Morgan fingerprint density at radius 1 is 1.13 bits per heavy atom. The van der Waals surface area contributed by atoms with Crippen molar-refractivity contribution in [3.05, 3.63) is 52.8 Å². The molecule has 0 amide bonds. The number of hydrogen-bond donors (Lipinski definition) is 1. The second-order valence-electron chi connectivity index (χ2n) is 7.11. The lowest BCUT2D eigenvalue weighted by molar-refractivity contribution is -0.385. The molecule has 0 bridgehead atoms. The highest BCUT2D eigenvalue weighted by Gasteiger charge is 2.19. The van der Waals surface area contributed by atoms with Crippen LogP contribution < -0.4 is 15.0 Å². The number of fused-ring (bicyclic) bond motifs is 1. The van der Waals surface area contributed by atoms with Gasteiger partial charge in [-0.25, -0.2) is 9.97 Å². The van der Waals surface area contributed by atoms with Gasteiger partial charge in [0.2, 0.25) is 0 Å². The molecule has 0 unspecified atom stereocenters.